The van der Waals surface area contributed by atoms with Crippen LogP contribution in [0, 0.1) is 6.92 Å². The molecule has 0 aliphatic carbocycles. The molecule has 0 aliphatic rings. The molecule has 2 aromatic rings. The topological polar surface area (TPSA) is 82.8 Å². The van der Waals surface area contributed by atoms with E-state index in [1.165, 1.54) is 4.91 Å². The molecule has 0 saturated carbocycles. The molecule has 0 radical (unpaired) electrons. The van der Waals surface area contributed by atoms with Gasteiger partial charge in [-0.1, -0.05) is 30.0 Å². The Kier molecular flexibility index (Phi) is 4.04. The molecular formula is C14H19N5S. The third kappa shape index (κ3) is 2.51. The van der Waals surface area contributed by atoms with E-state index in [0.717, 1.165) is 21.6 Å². The molecule has 0 aliphatic heterocycles. The number of hydrogen-bond acceptors (Lipinski definition) is 5. The van der Waals surface area contributed by atoms with Crippen molar-refractivity contribution in [3.63, 3.8) is 0 Å². The number of thioether (sulfide) groups is 1. The Morgan fingerprint density at radius 2 is 2.00 bits per heavy atom. The zero-order chi connectivity index (χ0) is 14.9. The van der Waals surface area contributed by atoms with Crippen LogP contribution < -0.4 is 11.5 Å². The van der Waals surface area contributed by atoms with Crippen molar-refractivity contribution >= 4 is 34.6 Å². The number of nitrogen functional groups attached to an aromatic ring is 2. The molecule has 0 spiro atoms. The highest BCUT2D eigenvalue weighted by Crippen LogP contribution is 2.36. The van der Waals surface area contributed by atoms with Crippen LogP contribution >= 0.6 is 11.8 Å². The fourth-order valence-corrected chi connectivity index (χ4v) is 3.03. The highest BCUT2D eigenvalue weighted by molar-refractivity contribution is 8.03. The summed E-state index contributed by atoms with van der Waals surface area (Å²) in [5.41, 5.74) is 13.5. The van der Waals surface area contributed by atoms with E-state index in [9.17, 15) is 0 Å². The van der Waals surface area contributed by atoms with Crippen LogP contribution in [0.15, 0.2) is 28.2 Å². The first kappa shape index (κ1) is 14.5. The smallest absolute Gasteiger partial charge is 0.223 e. The molecule has 6 heteroatoms. The maximum atomic E-state index is 5.97. The Morgan fingerprint density at radius 3 is 2.65 bits per heavy atom. The van der Waals surface area contributed by atoms with E-state index in [4.69, 9.17) is 11.5 Å². The van der Waals surface area contributed by atoms with Crippen molar-refractivity contribution < 1.29 is 0 Å². The quantitative estimate of drug-likeness (QED) is 0.670. The van der Waals surface area contributed by atoms with Gasteiger partial charge >= 0.3 is 0 Å². The lowest BCUT2D eigenvalue weighted by Crippen LogP contribution is -2.01. The molecule has 2 heterocycles. The van der Waals surface area contributed by atoms with Crippen LogP contribution in [0.1, 0.15) is 19.4 Å². The first-order chi connectivity index (χ1) is 9.45. The molecule has 106 valence electrons. The molecule has 0 aromatic carbocycles. The van der Waals surface area contributed by atoms with E-state index in [1.807, 2.05) is 37.6 Å². The van der Waals surface area contributed by atoms with Gasteiger partial charge in [0, 0.05) is 7.05 Å². The lowest BCUT2D eigenvalue weighted by atomic mass is 10.2. The van der Waals surface area contributed by atoms with Crippen molar-refractivity contribution in [3.05, 3.63) is 28.7 Å². The van der Waals surface area contributed by atoms with Gasteiger partial charge in [-0.05, 0) is 31.2 Å². The number of fused-ring (bicyclic) bond motifs is 1. The lowest BCUT2D eigenvalue weighted by molar-refractivity contribution is 0.840. The Morgan fingerprint density at radius 1 is 1.30 bits per heavy atom. The number of aryl methyl sites for hydroxylation is 2. The summed E-state index contributed by atoms with van der Waals surface area (Å²) in [6.45, 7) is 6.10. The molecule has 20 heavy (non-hydrogen) atoms. The Hall–Kier alpha value is -1.95. The first-order valence-electron chi connectivity index (χ1n) is 6.31. The van der Waals surface area contributed by atoms with E-state index in [0.29, 0.717) is 5.82 Å². The molecule has 0 saturated heterocycles. The zero-order valence-corrected chi connectivity index (χ0v) is 13.0. The highest BCUT2D eigenvalue weighted by Gasteiger charge is 2.17. The zero-order valence-electron chi connectivity index (χ0n) is 12.1. The molecule has 4 N–H and O–H groups in total. The van der Waals surface area contributed by atoms with Gasteiger partial charge in [0.15, 0.2) is 0 Å². The van der Waals surface area contributed by atoms with Crippen LogP contribution in [-0.2, 0) is 7.05 Å². The SMILES string of the molecule is C/C=C\C=C(/C)Sc1c(C)c2c(N)nc(N)nc2n1C. The van der Waals surface area contributed by atoms with Crippen molar-refractivity contribution in [1.29, 1.82) is 0 Å². The lowest BCUT2D eigenvalue weighted by Gasteiger charge is -2.04. The number of rotatable bonds is 3. The van der Waals surface area contributed by atoms with Crippen LogP contribution in [0.4, 0.5) is 11.8 Å². The normalized spacial score (nSPS) is 12.7. The second kappa shape index (κ2) is 5.58. The van der Waals surface area contributed by atoms with E-state index < -0.39 is 0 Å². The van der Waals surface area contributed by atoms with Crippen molar-refractivity contribution in [2.24, 2.45) is 7.05 Å². The van der Waals surface area contributed by atoms with Gasteiger partial charge in [0.1, 0.15) is 11.5 Å². The van der Waals surface area contributed by atoms with Gasteiger partial charge in [0.2, 0.25) is 5.95 Å². The van der Waals surface area contributed by atoms with Crippen molar-refractivity contribution in [2.45, 2.75) is 25.8 Å². The van der Waals surface area contributed by atoms with Gasteiger partial charge in [0.05, 0.1) is 10.4 Å². The molecule has 0 fully saturated rings. The maximum absolute atomic E-state index is 5.97. The molecule has 0 unspecified atom stereocenters. The summed E-state index contributed by atoms with van der Waals surface area (Å²) in [7, 11) is 1.96. The molecule has 2 aromatic heterocycles. The van der Waals surface area contributed by atoms with E-state index >= 15 is 0 Å². The Labute approximate surface area is 122 Å². The second-order valence-corrected chi connectivity index (χ2v) is 5.79. The number of hydrogen-bond donors (Lipinski definition) is 2. The molecule has 5 nitrogen and oxygen atoms in total. The van der Waals surface area contributed by atoms with Crippen molar-refractivity contribution in [2.75, 3.05) is 11.5 Å². The number of nitrogens with two attached hydrogens (primary N) is 2. The third-order valence-corrected chi connectivity index (χ3v) is 4.27. The van der Waals surface area contributed by atoms with Crippen LogP contribution in [0.2, 0.25) is 0 Å². The van der Waals surface area contributed by atoms with E-state index in [2.05, 4.69) is 23.0 Å². The maximum Gasteiger partial charge on any atom is 0.223 e. The second-order valence-electron chi connectivity index (χ2n) is 4.56. The summed E-state index contributed by atoms with van der Waals surface area (Å²) < 4.78 is 2.01. The standard InChI is InChI=1S/C14H19N5S/c1-5-6-7-8(2)20-13-9(3)10-11(15)17-14(16)18-12(10)19(13)4/h5-7H,1-4H3,(H4,15,16,17,18)/b6-5-,8-7+. The largest absolute Gasteiger partial charge is 0.383 e. The van der Waals surface area contributed by atoms with Crippen LogP contribution in [0.5, 0.6) is 0 Å². The van der Waals surface area contributed by atoms with Crippen molar-refractivity contribution in [3.8, 4) is 0 Å². The van der Waals surface area contributed by atoms with Crippen LogP contribution in [0.3, 0.4) is 0 Å². The summed E-state index contributed by atoms with van der Waals surface area (Å²) in [5, 5.41) is 1.98. The van der Waals surface area contributed by atoms with E-state index in [1.54, 1.807) is 11.8 Å². The monoisotopic (exact) mass is 289 g/mol. The molecular weight excluding hydrogens is 270 g/mol. The fraction of sp³-hybridized carbons (Fsp3) is 0.286. The summed E-state index contributed by atoms with van der Waals surface area (Å²) in [6.07, 6.45) is 6.10. The Bertz CT molecular complexity index is 712. The first-order valence-corrected chi connectivity index (χ1v) is 7.12. The minimum absolute atomic E-state index is 0.202. The predicted octanol–water partition coefficient (Wildman–Crippen LogP) is 3.01. The Balaban J connectivity index is 2.58. The molecule has 0 bridgehead atoms. The van der Waals surface area contributed by atoms with Gasteiger partial charge in [0.25, 0.3) is 0 Å². The predicted molar refractivity (Wildman–Crippen MR) is 86.5 cm³/mol. The number of anilines is 2. The fourth-order valence-electron chi connectivity index (χ4n) is 2.10. The van der Waals surface area contributed by atoms with Gasteiger partial charge in [-0.25, -0.2) is 0 Å². The third-order valence-electron chi connectivity index (χ3n) is 3.03. The van der Waals surface area contributed by atoms with Gasteiger partial charge in [-0.15, -0.1) is 0 Å². The van der Waals surface area contributed by atoms with E-state index in [-0.39, 0.29) is 5.95 Å². The van der Waals surface area contributed by atoms with Crippen molar-refractivity contribution in [1.82, 2.24) is 14.5 Å². The number of allylic oxidation sites excluding steroid dienone is 4. The minimum atomic E-state index is 0.202. The summed E-state index contributed by atoms with van der Waals surface area (Å²) >= 11 is 1.69. The minimum Gasteiger partial charge on any atom is -0.383 e. The van der Waals surface area contributed by atoms with Gasteiger partial charge in [-0.2, -0.15) is 9.97 Å². The van der Waals surface area contributed by atoms with Gasteiger partial charge < -0.3 is 16.0 Å². The number of nitrogens with zero attached hydrogens (tertiary/aromatic N) is 3. The molecule has 0 atom stereocenters. The number of aromatic nitrogens is 3. The molecule has 2 rings (SSSR count). The van der Waals surface area contributed by atoms with Crippen LogP contribution in [0.25, 0.3) is 11.0 Å². The average molecular weight is 289 g/mol. The summed E-state index contributed by atoms with van der Waals surface area (Å²) in [4.78, 5) is 9.52. The molecule has 0 amide bonds. The van der Waals surface area contributed by atoms with Gasteiger partial charge in [-0.3, -0.25) is 0 Å². The average Bonchev–Trinajstić information content (AvgIpc) is 2.61. The summed E-state index contributed by atoms with van der Waals surface area (Å²) in [6, 6.07) is 0. The summed E-state index contributed by atoms with van der Waals surface area (Å²) in [5.74, 6) is 0.635. The highest BCUT2D eigenvalue weighted by atomic mass is 32.2. The van der Waals surface area contributed by atoms with Crippen LogP contribution in [-0.4, -0.2) is 14.5 Å².